The smallest absolute Gasteiger partial charge is 0.272 e. The summed E-state index contributed by atoms with van der Waals surface area (Å²) >= 11 is 4.85. The second-order valence-electron chi connectivity index (χ2n) is 5.79. The van der Waals surface area contributed by atoms with Crippen molar-refractivity contribution in [3.05, 3.63) is 45.4 Å². The molecular formula is C19H18N2O3S3. The number of carbonyl (C=O) groups excluding carboxylic acids is 1. The fourth-order valence-corrected chi connectivity index (χ4v) is 4.82. The van der Waals surface area contributed by atoms with Crippen molar-refractivity contribution in [2.75, 3.05) is 25.2 Å². The molecule has 1 aromatic carbocycles. The summed E-state index contributed by atoms with van der Waals surface area (Å²) in [4.78, 5) is 18.4. The molecule has 1 aliphatic rings. The van der Waals surface area contributed by atoms with E-state index in [0.29, 0.717) is 18.0 Å². The number of thiophene rings is 1. The molecule has 0 bridgehead atoms. The van der Waals surface area contributed by atoms with Gasteiger partial charge in [0, 0.05) is 35.4 Å². The van der Waals surface area contributed by atoms with Gasteiger partial charge in [0.15, 0.2) is 16.3 Å². The Balaban J connectivity index is 1.74. The van der Waals surface area contributed by atoms with Crippen LogP contribution in [0.3, 0.4) is 0 Å². The number of aromatic nitrogens is 1. The van der Waals surface area contributed by atoms with Gasteiger partial charge in [-0.2, -0.15) is 16.8 Å². The Morgan fingerprint density at radius 2 is 2.15 bits per heavy atom. The van der Waals surface area contributed by atoms with Crippen molar-refractivity contribution in [2.24, 2.45) is 4.99 Å². The van der Waals surface area contributed by atoms with Crippen molar-refractivity contribution >= 4 is 56.6 Å². The summed E-state index contributed by atoms with van der Waals surface area (Å²) in [6.07, 6.45) is 5.39. The van der Waals surface area contributed by atoms with Crippen LogP contribution in [0.1, 0.15) is 4.88 Å². The molecule has 8 heteroatoms. The van der Waals surface area contributed by atoms with Gasteiger partial charge in [-0.25, -0.2) is 0 Å². The van der Waals surface area contributed by atoms with Gasteiger partial charge >= 0.3 is 0 Å². The maximum absolute atomic E-state index is 12.4. The lowest BCUT2D eigenvalue weighted by atomic mass is 10.2. The zero-order valence-corrected chi connectivity index (χ0v) is 17.2. The van der Waals surface area contributed by atoms with Crippen LogP contribution in [0, 0.1) is 0 Å². The summed E-state index contributed by atoms with van der Waals surface area (Å²) in [6, 6.07) is 7.90. The first-order valence-corrected chi connectivity index (χ1v) is 11.6. The largest absolute Gasteiger partial charge is 0.486 e. The lowest BCUT2D eigenvalue weighted by Crippen LogP contribution is -2.18. The van der Waals surface area contributed by atoms with Crippen molar-refractivity contribution in [1.29, 1.82) is 0 Å². The number of thioether (sulfide) groups is 1. The Kier molecular flexibility index (Phi) is 5.66. The molecule has 140 valence electrons. The van der Waals surface area contributed by atoms with Crippen LogP contribution in [-0.2, 0) is 11.3 Å². The molecule has 3 heterocycles. The van der Waals surface area contributed by atoms with E-state index >= 15 is 0 Å². The maximum atomic E-state index is 12.4. The molecule has 0 fully saturated rings. The second-order valence-corrected chi connectivity index (χ2v) is 8.77. The number of nitrogens with zero attached hydrogens (tertiary/aromatic N) is 2. The van der Waals surface area contributed by atoms with Gasteiger partial charge in [0.1, 0.15) is 13.2 Å². The number of thiazole rings is 1. The molecular weight excluding hydrogens is 400 g/mol. The SMILES string of the molecule is CSCCn1c(=NC(=O)C=Cc2cccs2)sc2cc3c(cc21)OCCO3. The van der Waals surface area contributed by atoms with Crippen LogP contribution in [0.4, 0.5) is 0 Å². The summed E-state index contributed by atoms with van der Waals surface area (Å²) in [7, 11) is 0. The second kappa shape index (κ2) is 8.33. The summed E-state index contributed by atoms with van der Waals surface area (Å²) in [5.74, 6) is 2.18. The van der Waals surface area contributed by atoms with Crippen molar-refractivity contribution < 1.29 is 14.3 Å². The van der Waals surface area contributed by atoms with E-state index in [1.54, 1.807) is 29.2 Å². The van der Waals surface area contributed by atoms with Gasteiger partial charge < -0.3 is 14.0 Å². The van der Waals surface area contributed by atoms with Gasteiger partial charge in [0.2, 0.25) is 0 Å². The Labute approximate surface area is 169 Å². The Hall–Kier alpha value is -2.03. The van der Waals surface area contributed by atoms with Gasteiger partial charge in [0.05, 0.1) is 10.2 Å². The molecule has 0 saturated heterocycles. The maximum Gasteiger partial charge on any atom is 0.272 e. The van der Waals surface area contributed by atoms with Gasteiger partial charge in [-0.05, 0) is 23.8 Å². The number of aryl methyl sites for hydroxylation is 1. The summed E-state index contributed by atoms with van der Waals surface area (Å²) in [6.45, 7) is 1.89. The minimum Gasteiger partial charge on any atom is -0.486 e. The van der Waals surface area contributed by atoms with Crippen LogP contribution >= 0.6 is 34.4 Å². The van der Waals surface area contributed by atoms with Gasteiger partial charge in [0.25, 0.3) is 5.91 Å². The molecule has 0 unspecified atom stereocenters. The highest BCUT2D eigenvalue weighted by Gasteiger charge is 2.16. The predicted molar refractivity (Wildman–Crippen MR) is 113 cm³/mol. The van der Waals surface area contributed by atoms with E-state index < -0.39 is 0 Å². The van der Waals surface area contributed by atoms with E-state index in [-0.39, 0.29) is 5.91 Å². The highest BCUT2D eigenvalue weighted by molar-refractivity contribution is 7.98. The van der Waals surface area contributed by atoms with Crippen molar-refractivity contribution in [3.63, 3.8) is 0 Å². The molecule has 27 heavy (non-hydrogen) atoms. The summed E-state index contributed by atoms with van der Waals surface area (Å²) in [5, 5.41) is 1.98. The fraction of sp³-hybridized carbons (Fsp3) is 0.263. The zero-order chi connectivity index (χ0) is 18.6. The number of benzene rings is 1. The molecule has 4 rings (SSSR count). The van der Waals surface area contributed by atoms with Gasteiger partial charge in [-0.1, -0.05) is 17.4 Å². The number of carbonyl (C=O) groups is 1. The first-order chi connectivity index (χ1) is 13.2. The average molecular weight is 419 g/mol. The molecule has 0 N–H and O–H groups in total. The van der Waals surface area contributed by atoms with Gasteiger partial charge in [-0.3, -0.25) is 4.79 Å². The molecule has 2 aromatic heterocycles. The molecule has 0 spiro atoms. The third-order valence-corrected chi connectivity index (χ3v) is 6.47. The standard InChI is InChI=1S/C19H18N2O3S3/c1-25-10-6-21-14-11-15-16(24-8-7-23-15)12-17(14)27-19(21)20-18(22)5-4-13-3-2-9-26-13/h2-5,9,11-12H,6-8,10H2,1H3. The topological polar surface area (TPSA) is 52.8 Å². The van der Waals surface area contributed by atoms with Gasteiger partial charge in [-0.15, -0.1) is 11.3 Å². The molecule has 5 nitrogen and oxygen atoms in total. The molecule has 1 aliphatic heterocycles. The van der Waals surface area contributed by atoms with Crippen molar-refractivity contribution in [3.8, 4) is 11.5 Å². The van der Waals surface area contributed by atoms with E-state index in [1.807, 2.05) is 29.6 Å². The molecule has 0 atom stereocenters. The third-order valence-electron chi connectivity index (χ3n) is 4.00. The van der Waals surface area contributed by atoms with Crippen LogP contribution in [0.15, 0.2) is 40.7 Å². The third kappa shape index (κ3) is 4.12. The Morgan fingerprint density at radius 1 is 1.33 bits per heavy atom. The average Bonchev–Trinajstić information content (AvgIpc) is 3.30. The summed E-state index contributed by atoms with van der Waals surface area (Å²) < 4.78 is 14.5. The number of fused-ring (bicyclic) bond motifs is 2. The number of ether oxygens (including phenoxy) is 2. The number of hydrogen-bond donors (Lipinski definition) is 0. The molecule has 3 aromatic rings. The summed E-state index contributed by atoms with van der Waals surface area (Å²) in [5.41, 5.74) is 1.02. The Morgan fingerprint density at radius 3 is 2.89 bits per heavy atom. The lowest BCUT2D eigenvalue weighted by molar-refractivity contribution is -0.113. The van der Waals surface area contributed by atoms with E-state index in [0.717, 1.165) is 38.9 Å². The van der Waals surface area contributed by atoms with Crippen LogP contribution < -0.4 is 14.3 Å². The number of rotatable bonds is 5. The minimum absolute atomic E-state index is 0.259. The molecule has 1 amide bonds. The molecule has 0 aliphatic carbocycles. The fourth-order valence-electron chi connectivity index (χ4n) is 2.76. The minimum atomic E-state index is -0.259. The highest BCUT2D eigenvalue weighted by Crippen LogP contribution is 2.35. The van der Waals surface area contributed by atoms with E-state index in [4.69, 9.17) is 9.47 Å². The first kappa shape index (κ1) is 18.3. The molecule has 0 saturated carbocycles. The predicted octanol–water partition coefficient (Wildman–Crippen LogP) is 4.04. The normalized spacial score (nSPS) is 14.3. The number of hydrogen-bond acceptors (Lipinski definition) is 6. The highest BCUT2D eigenvalue weighted by atomic mass is 32.2. The zero-order valence-electron chi connectivity index (χ0n) is 14.7. The lowest BCUT2D eigenvalue weighted by Gasteiger charge is -2.18. The quantitative estimate of drug-likeness (QED) is 0.587. The first-order valence-electron chi connectivity index (χ1n) is 8.47. The van der Waals surface area contributed by atoms with E-state index in [2.05, 4.69) is 15.8 Å². The Bertz CT molecular complexity index is 1050. The van der Waals surface area contributed by atoms with Crippen molar-refractivity contribution in [1.82, 2.24) is 4.57 Å². The molecule has 0 radical (unpaired) electrons. The van der Waals surface area contributed by atoms with Crippen molar-refractivity contribution in [2.45, 2.75) is 6.54 Å². The van der Waals surface area contributed by atoms with Crippen LogP contribution in [0.2, 0.25) is 0 Å². The monoisotopic (exact) mass is 418 g/mol. The van der Waals surface area contributed by atoms with Crippen LogP contribution in [0.25, 0.3) is 16.3 Å². The van der Waals surface area contributed by atoms with E-state index in [1.165, 1.54) is 17.4 Å². The van der Waals surface area contributed by atoms with Crippen LogP contribution in [0.5, 0.6) is 11.5 Å². The number of amides is 1. The van der Waals surface area contributed by atoms with Crippen LogP contribution in [-0.4, -0.2) is 35.7 Å². The van der Waals surface area contributed by atoms with E-state index in [9.17, 15) is 4.79 Å².